The average molecular weight is 729 g/mol. The Morgan fingerprint density at radius 1 is 0.769 bits per heavy atom. The molecule has 2 heterocycles. The first-order valence-electron chi connectivity index (χ1n) is 11.9. The van der Waals surface area contributed by atoms with Crippen molar-refractivity contribution in [1.29, 1.82) is 0 Å². The smallest absolute Gasteiger partial charge is 0.333 e. The van der Waals surface area contributed by atoms with E-state index in [2.05, 4.69) is 85.1 Å². The topological polar surface area (TPSA) is 114 Å². The molecular formula is C26H29Br3N6O4. The van der Waals surface area contributed by atoms with E-state index in [0.717, 1.165) is 19.8 Å². The number of esters is 2. The largest absolute Gasteiger partial charge is 0.465 e. The van der Waals surface area contributed by atoms with Crippen LogP contribution in [0.3, 0.4) is 0 Å². The lowest BCUT2D eigenvalue weighted by atomic mass is 10.1. The minimum absolute atomic E-state index is 0.0842. The van der Waals surface area contributed by atoms with E-state index in [1.54, 1.807) is 26.2 Å². The van der Waals surface area contributed by atoms with Gasteiger partial charge in [0.2, 0.25) is 0 Å². The third kappa shape index (κ3) is 12.7. The van der Waals surface area contributed by atoms with E-state index in [0.29, 0.717) is 19.6 Å². The predicted octanol–water partition coefficient (Wildman–Crippen LogP) is 5.57. The molecule has 1 atom stereocenters. The quantitative estimate of drug-likeness (QED) is 0.162. The van der Waals surface area contributed by atoms with Crippen LogP contribution in [0.15, 0.2) is 82.3 Å². The van der Waals surface area contributed by atoms with Crippen molar-refractivity contribution >= 4 is 59.7 Å². The molecule has 0 aliphatic heterocycles. The Labute approximate surface area is 252 Å². The Bertz CT molecular complexity index is 1220. The summed E-state index contributed by atoms with van der Waals surface area (Å²) >= 11 is 10.1. The summed E-state index contributed by atoms with van der Waals surface area (Å²) in [5, 5.41) is 16.5. The summed E-state index contributed by atoms with van der Waals surface area (Å²) in [6, 6.07) is 15.5. The first-order valence-corrected chi connectivity index (χ1v) is 14.6. The standard InChI is InChI=1S/C13H14BrN3O2.C7H6Br2.C6H9N3O2/c1-2-19-13(18)12(17-15-7-8-16-17)9-10-3-5-11(14)6-4-10;8-5-6-1-3-7(9)4-2-6;1-2-11-6(10)5-9-7-3-4-8-9/h3-8,12H,2,9H2,1H3;1-4H,5H2;3-4H,2,5H2,1H3. The van der Waals surface area contributed by atoms with E-state index < -0.39 is 6.04 Å². The summed E-state index contributed by atoms with van der Waals surface area (Å²) in [5.74, 6) is -0.634. The van der Waals surface area contributed by atoms with E-state index in [-0.39, 0.29) is 18.5 Å². The molecule has 0 saturated heterocycles. The van der Waals surface area contributed by atoms with Crippen molar-refractivity contribution in [3.05, 3.63) is 93.4 Å². The average Bonchev–Trinajstić information content (AvgIpc) is 3.65. The molecule has 0 spiro atoms. The summed E-state index contributed by atoms with van der Waals surface area (Å²) in [6.45, 7) is 4.36. The van der Waals surface area contributed by atoms with Gasteiger partial charge in [0.05, 0.1) is 38.0 Å². The second-order valence-electron chi connectivity index (χ2n) is 7.57. The fraction of sp³-hybridized carbons (Fsp3) is 0.308. The second-order valence-corrected chi connectivity index (χ2v) is 9.96. The fourth-order valence-corrected chi connectivity index (χ4v) is 3.85. The van der Waals surface area contributed by atoms with Crippen molar-refractivity contribution < 1.29 is 19.1 Å². The first-order chi connectivity index (χ1) is 18.9. The number of rotatable bonds is 9. The Balaban J connectivity index is 0.000000226. The highest BCUT2D eigenvalue weighted by Crippen LogP contribution is 2.17. The minimum atomic E-state index is -0.531. The van der Waals surface area contributed by atoms with Crippen molar-refractivity contribution in [3.8, 4) is 0 Å². The highest BCUT2D eigenvalue weighted by atomic mass is 79.9. The number of nitrogens with zero attached hydrogens (tertiary/aromatic N) is 6. The SMILES string of the molecule is BrCc1ccc(Br)cc1.CCOC(=O)C(Cc1ccc(Br)cc1)n1nccn1.CCOC(=O)Cn1nccn1. The highest BCUT2D eigenvalue weighted by Gasteiger charge is 2.23. The molecule has 13 heteroatoms. The molecule has 2 aromatic heterocycles. The van der Waals surface area contributed by atoms with Gasteiger partial charge in [0, 0.05) is 20.7 Å². The van der Waals surface area contributed by atoms with Crippen molar-refractivity contribution in [2.45, 2.75) is 38.2 Å². The molecule has 0 N–H and O–H groups in total. The zero-order valence-corrected chi connectivity index (χ0v) is 26.2. The summed E-state index contributed by atoms with van der Waals surface area (Å²) in [6.07, 6.45) is 6.63. The molecule has 2 aromatic carbocycles. The molecule has 0 amide bonds. The lowest BCUT2D eigenvalue weighted by Crippen LogP contribution is -2.26. The maximum absolute atomic E-state index is 12.0. The Morgan fingerprint density at radius 2 is 1.26 bits per heavy atom. The lowest BCUT2D eigenvalue weighted by molar-refractivity contribution is -0.148. The van der Waals surface area contributed by atoms with Gasteiger partial charge in [-0.15, -0.1) is 0 Å². The summed E-state index contributed by atoms with van der Waals surface area (Å²) < 4.78 is 11.9. The summed E-state index contributed by atoms with van der Waals surface area (Å²) in [5.41, 5.74) is 2.33. The number of carbonyl (C=O) groups is 2. The normalized spacial score (nSPS) is 10.8. The Kier molecular flexibility index (Phi) is 15.2. The van der Waals surface area contributed by atoms with Crippen LogP contribution in [-0.2, 0) is 37.4 Å². The van der Waals surface area contributed by atoms with Crippen LogP contribution in [0.25, 0.3) is 0 Å². The first kappa shape index (κ1) is 32.3. The number of aromatic nitrogens is 6. The fourth-order valence-electron chi connectivity index (χ4n) is 2.95. The molecule has 0 aliphatic rings. The van der Waals surface area contributed by atoms with Crippen molar-refractivity contribution in [1.82, 2.24) is 30.0 Å². The van der Waals surface area contributed by atoms with Gasteiger partial charge in [0.15, 0.2) is 12.6 Å². The lowest BCUT2D eigenvalue weighted by Gasteiger charge is -2.14. The van der Waals surface area contributed by atoms with E-state index in [4.69, 9.17) is 4.74 Å². The van der Waals surface area contributed by atoms with Crippen molar-refractivity contribution in [3.63, 3.8) is 0 Å². The van der Waals surface area contributed by atoms with Gasteiger partial charge in [0.1, 0.15) is 0 Å². The predicted molar refractivity (Wildman–Crippen MR) is 157 cm³/mol. The summed E-state index contributed by atoms with van der Waals surface area (Å²) in [4.78, 5) is 25.4. The van der Waals surface area contributed by atoms with Crippen LogP contribution in [0.2, 0.25) is 0 Å². The number of benzene rings is 2. The molecule has 208 valence electrons. The van der Waals surface area contributed by atoms with Gasteiger partial charge >= 0.3 is 11.9 Å². The molecule has 39 heavy (non-hydrogen) atoms. The van der Waals surface area contributed by atoms with E-state index in [1.165, 1.54) is 27.6 Å². The van der Waals surface area contributed by atoms with Gasteiger partial charge in [-0.05, 0) is 49.2 Å². The maximum atomic E-state index is 12.0. The van der Waals surface area contributed by atoms with E-state index in [1.807, 2.05) is 36.4 Å². The van der Waals surface area contributed by atoms with Crippen molar-refractivity contribution in [2.75, 3.05) is 13.2 Å². The van der Waals surface area contributed by atoms with Crippen LogP contribution < -0.4 is 0 Å². The molecule has 0 bridgehead atoms. The maximum Gasteiger partial charge on any atom is 0.333 e. The van der Waals surface area contributed by atoms with Crippen LogP contribution in [0.5, 0.6) is 0 Å². The zero-order valence-electron chi connectivity index (χ0n) is 21.5. The molecule has 4 aromatic rings. The monoisotopic (exact) mass is 726 g/mol. The zero-order chi connectivity index (χ0) is 28.5. The van der Waals surface area contributed by atoms with Crippen molar-refractivity contribution in [2.24, 2.45) is 0 Å². The Hall–Kier alpha value is -2.90. The number of carbonyl (C=O) groups excluding carboxylic acids is 2. The molecule has 4 rings (SSSR count). The third-order valence-electron chi connectivity index (χ3n) is 4.73. The van der Waals surface area contributed by atoms with Gasteiger partial charge in [-0.1, -0.05) is 72.1 Å². The molecule has 10 nitrogen and oxygen atoms in total. The number of ether oxygens (including phenoxy) is 2. The molecule has 1 unspecified atom stereocenters. The molecule has 0 saturated carbocycles. The number of alkyl halides is 1. The van der Waals surface area contributed by atoms with Crippen LogP contribution in [0, 0.1) is 0 Å². The van der Waals surface area contributed by atoms with Crippen LogP contribution in [-0.4, -0.2) is 55.1 Å². The molecule has 0 aliphatic carbocycles. The van der Waals surface area contributed by atoms with Crippen LogP contribution in [0.4, 0.5) is 0 Å². The molecule has 0 radical (unpaired) electrons. The van der Waals surface area contributed by atoms with E-state index in [9.17, 15) is 9.59 Å². The van der Waals surface area contributed by atoms with Gasteiger partial charge in [0.25, 0.3) is 0 Å². The second kappa shape index (κ2) is 18.4. The third-order valence-corrected chi connectivity index (χ3v) is 6.43. The number of hydrogen-bond acceptors (Lipinski definition) is 8. The highest BCUT2D eigenvalue weighted by molar-refractivity contribution is 9.10. The van der Waals surface area contributed by atoms with Gasteiger partial charge in [-0.2, -0.15) is 30.0 Å². The minimum Gasteiger partial charge on any atom is -0.465 e. The number of halogens is 3. The van der Waals surface area contributed by atoms with Crippen LogP contribution >= 0.6 is 47.8 Å². The van der Waals surface area contributed by atoms with Gasteiger partial charge < -0.3 is 9.47 Å². The van der Waals surface area contributed by atoms with E-state index >= 15 is 0 Å². The van der Waals surface area contributed by atoms with Gasteiger partial charge in [-0.3, -0.25) is 0 Å². The van der Waals surface area contributed by atoms with Gasteiger partial charge in [-0.25, -0.2) is 9.59 Å². The van der Waals surface area contributed by atoms with Crippen LogP contribution in [0.1, 0.15) is 31.0 Å². The number of hydrogen-bond donors (Lipinski definition) is 0. The molecular weight excluding hydrogens is 700 g/mol. The Morgan fingerprint density at radius 3 is 1.74 bits per heavy atom. The molecule has 0 fully saturated rings. The summed E-state index contributed by atoms with van der Waals surface area (Å²) in [7, 11) is 0.